The first-order valence-electron chi connectivity index (χ1n) is 9.28. The summed E-state index contributed by atoms with van der Waals surface area (Å²) in [6, 6.07) is 18.4. The van der Waals surface area contributed by atoms with E-state index in [1.165, 1.54) is 31.2 Å². The average Bonchev–Trinajstić information content (AvgIpc) is 3.34. The molecule has 1 saturated heterocycles. The molecule has 2 N–H and O–H groups in total. The number of amides is 2. The lowest BCUT2D eigenvalue weighted by atomic mass is 10.0. The second-order valence-corrected chi connectivity index (χ2v) is 7.04. The molecule has 2 fully saturated rings. The van der Waals surface area contributed by atoms with Crippen LogP contribution in [0.2, 0.25) is 0 Å². The van der Waals surface area contributed by atoms with E-state index in [1.807, 2.05) is 36.4 Å². The van der Waals surface area contributed by atoms with E-state index in [4.69, 9.17) is 0 Å². The van der Waals surface area contributed by atoms with Gasteiger partial charge in [0.05, 0.1) is 17.4 Å². The average molecular weight is 335 g/mol. The Bertz CT molecular complexity index is 721. The molecule has 0 spiro atoms. The minimum absolute atomic E-state index is 0.0974. The third kappa shape index (κ3) is 3.78. The molecule has 2 aromatic rings. The summed E-state index contributed by atoms with van der Waals surface area (Å²) >= 11 is 0. The molecule has 4 heteroatoms. The van der Waals surface area contributed by atoms with Crippen molar-refractivity contribution in [2.75, 3.05) is 23.3 Å². The highest BCUT2D eigenvalue weighted by Gasteiger charge is 2.33. The molecule has 130 valence electrons. The van der Waals surface area contributed by atoms with Crippen LogP contribution < -0.4 is 15.5 Å². The van der Waals surface area contributed by atoms with E-state index in [1.54, 1.807) is 0 Å². The van der Waals surface area contributed by atoms with Gasteiger partial charge in [0.1, 0.15) is 0 Å². The topological polar surface area (TPSA) is 44.4 Å². The first-order valence-corrected chi connectivity index (χ1v) is 9.28. The van der Waals surface area contributed by atoms with Gasteiger partial charge in [-0.25, -0.2) is 4.79 Å². The quantitative estimate of drug-likeness (QED) is 0.841. The standard InChI is InChI=1S/C21H25N3O/c25-21(23-20(17-12-13-17)16-8-2-1-3-9-16)22-18-10-4-5-11-19(18)24-14-6-7-15-24/h1-5,8-11,17,20H,6-7,12-15H2,(H2,22,23,25)/t20-/m1/s1. The molecule has 0 bridgehead atoms. The Balaban J connectivity index is 1.47. The summed E-state index contributed by atoms with van der Waals surface area (Å²) in [6.07, 6.45) is 4.81. The van der Waals surface area contributed by atoms with Crippen LogP contribution in [0.3, 0.4) is 0 Å². The van der Waals surface area contributed by atoms with Crippen molar-refractivity contribution >= 4 is 17.4 Å². The normalized spacial score (nSPS) is 18.0. The Kier molecular flexibility index (Phi) is 4.59. The maximum atomic E-state index is 12.7. The molecule has 2 aromatic carbocycles. The van der Waals surface area contributed by atoms with Crippen molar-refractivity contribution in [3.63, 3.8) is 0 Å². The van der Waals surface area contributed by atoms with Gasteiger partial charge in [0.15, 0.2) is 0 Å². The van der Waals surface area contributed by atoms with Crippen molar-refractivity contribution in [2.24, 2.45) is 5.92 Å². The van der Waals surface area contributed by atoms with Gasteiger partial charge in [-0.1, -0.05) is 42.5 Å². The van der Waals surface area contributed by atoms with Crippen LogP contribution in [0.15, 0.2) is 54.6 Å². The van der Waals surface area contributed by atoms with Gasteiger partial charge in [-0.15, -0.1) is 0 Å². The van der Waals surface area contributed by atoms with Crippen LogP contribution in [-0.2, 0) is 0 Å². The summed E-state index contributed by atoms with van der Waals surface area (Å²) in [5.74, 6) is 0.557. The Labute approximate surface area is 149 Å². The van der Waals surface area contributed by atoms with Crippen molar-refractivity contribution < 1.29 is 4.79 Å². The number of anilines is 2. The van der Waals surface area contributed by atoms with Gasteiger partial charge in [-0.05, 0) is 49.3 Å². The molecule has 2 aliphatic rings. The van der Waals surface area contributed by atoms with Gasteiger partial charge in [0.2, 0.25) is 0 Å². The summed E-state index contributed by atoms with van der Waals surface area (Å²) in [6.45, 7) is 2.13. The second-order valence-electron chi connectivity index (χ2n) is 7.04. The van der Waals surface area contributed by atoms with Crippen LogP contribution in [0.4, 0.5) is 16.2 Å². The van der Waals surface area contributed by atoms with Gasteiger partial charge in [0, 0.05) is 13.1 Å². The summed E-state index contributed by atoms with van der Waals surface area (Å²) in [7, 11) is 0. The van der Waals surface area contributed by atoms with Gasteiger partial charge in [-0.2, -0.15) is 0 Å². The number of carbonyl (C=O) groups excluding carboxylic acids is 1. The molecule has 1 atom stereocenters. The third-order valence-electron chi connectivity index (χ3n) is 5.14. The Morgan fingerprint density at radius 3 is 2.36 bits per heavy atom. The fraction of sp³-hybridized carbons (Fsp3) is 0.381. The first kappa shape index (κ1) is 16.0. The van der Waals surface area contributed by atoms with E-state index >= 15 is 0 Å². The number of rotatable bonds is 5. The van der Waals surface area contributed by atoms with Gasteiger partial charge >= 0.3 is 6.03 Å². The Morgan fingerprint density at radius 2 is 1.64 bits per heavy atom. The van der Waals surface area contributed by atoms with Crippen molar-refractivity contribution in [1.82, 2.24) is 5.32 Å². The molecule has 0 aromatic heterocycles. The highest BCUT2D eigenvalue weighted by Crippen LogP contribution is 2.41. The van der Waals surface area contributed by atoms with Crippen LogP contribution in [-0.4, -0.2) is 19.1 Å². The minimum atomic E-state index is -0.118. The van der Waals surface area contributed by atoms with Gasteiger partial charge < -0.3 is 15.5 Å². The van der Waals surface area contributed by atoms with E-state index in [0.29, 0.717) is 5.92 Å². The minimum Gasteiger partial charge on any atom is -0.370 e. The zero-order chi connectivity index (χ0) is 17.1. The van der Waals surface area contributed by atoms with E-state index < -0.39 is 0 Å². The fourth-order valence-corrected chi connectivity index (χ4v) is 3.68. The lowest BCUT2D eigenvalue weighted by Gasteiger charge is -2.23. The molecular formula is C21H25N3O. The maximum Gasteiger partial charge on any atom is 0.319 e. The van der Waals surface area contributed by atoms with Crippen LogP contribution in [0.1, 0.15) is 37.3 Å². The zero-order valence-corrected chi connectivity index (χ0v) is 14.4. The molecule has 1 aliphatic heterocycles. The molecule has 4 nitrogen and oxygen atoms in total. The molecule has 1 saturated carbocycles. The first-order chi connectivity index (χ1) is 12.3. The van der Waals surface area contributed by atoms with E-state index in [0.717, 1.165) is 24.5 Å². The van der Waals surface area contributed by atoms with Crippen LogP contribution in [0.5, 0.6) is 0 Å². The zero-order valence-electron chi connectivity index (χ0n) is 14.4. The molecule has 0 unspecified atom stereocenters. The van der Waals surface area contributed by atoms with Crippen molar-refractivity contribution in [3.05, 3.63) is 60.2 Å². The van der Waals surface area contributed by atoms with Gasteiger partial charge in [0.25, 0.3) is 0 Å². The van der Waals surface area contributed by atoms with Gasteiger partial charge in [-0.3, -0.25) is 0 Å². The molecular weight excluding hydrogens is 310 g/mol. The van der Waals surface area contributed by atoms with E-state index in [2.05, 4.69) is 33.7 Å². The Hall–Kier alpha value is -2.49. The molecule has 1 aliphatic carbocycles. The molecule has 4 rings (SSSR count). The largest absolute Gasteiger partial charge is 0.370 e. The van der Waals surface area contributed by atoms with Crippen LogP contribution >= 0.6 is 0 Å². The van der Waals surface area contributed by atoms with E-state index in [9.17, 15) is 4.79 Å². The monoisotopic (exact) mass is 335 g/mol. The second kappa shape index (κ2) is 7.18. The summed E-state index contributed by atoms with van der Waals surface area (Å²) in [5.41, 5.74) is 3.20. The lowest BCUT2D eigenvalue weighted by molar-refractivity contribution is 0.247. The molecule has 1 heterocycles. The Morgan fingerprint density at radius 1 is 0.960 bits per heavy atom. The number of urea groups is 1. The summed E-state index contributed by atoms with van der Waals surface area (Å²) in [5, 5.41) is 6.27. The predicted octanol–water partition coefficient (Wildman–Crippen LogP) is 4.56. The van der Waals surface area contributed by atoms with Crippen LogP contribution in [0.25, 0.3) is 0 Å². The smallest absolute Gasteiger partial charge is 0.319 e. The van der Waals surface area contributed by atoms with E-state index in [-0.39, 0.29) is 12.1 Å². The summed E-state index contributed by atoms with van der Waals surface area (Å²) in [4.78, 5) is 15.0. The number of nitrogens with one attached hydrogen (secondary N) is 2. The number of para-hydroxylation sites is 2. The number of carbonyl (C=O) groups is 1. The van der Waals surface area contributed by atoms with Crippen molar-refractivity contribution in [3.8, 4) is 0 Å². The summed E-state index contributed by atoms with van der Waals surface area (Å²) < 4.78 is 0. The lowest BCUT2D eigenvalue weighted by Crippen LogP contribution is -2.34. The van der Waals surface area contributed by atoms with Crippen molar-refractivity contribution in [1.29, 1.82) is 0 Å². The molecule has 2 amide bonds. The number of benzene rings is 2. The molecule has 25 heavy (non-hydrogen) atoms. The highest BCUT2D eigenvalue weighted by molar-refractivity contribution is 5.93. The number of hydrogen-bond donors (Lipinski definition) is 2. The number of nitrogens with zero attached hydrogens (tertiary/aromatic N) is 1. The fourth-order valence-electron chi connectivity index (χ4n) is 3.68. The SMILES string of the molecule is O=C(Nc1ccccc1N1CCCC1)N[C@H](c1ccccc1)C1CC1. The number of hydrogen-bond acceptors (Lipinski definition) is 2. The molecule has 0 radical (unpaired) electrons. The maximum absolute atomic E-state index is 12.7. The highest BCUT2D eigenvalue weighted by atomic mass is 16.2. The van der Waals surface area contributed by atoms with Crippen molar-refractivity contribution in [2.45, 2.75) is 31.7 Å². The third-order valence-corrected chi connectivity index (χ3v) is 5.14. The predicted molar refractivity (Wildman–Crippen MR) is 102 cm³/mol. The van der Waals surface area contributed by atoms with Crippen LogP contribution in [0, 0.1) is 5.92 Å².